The van der Waals surface area contributed by atoms with Gasteiger partial charge in [-0.3, -0.25) is 4.79 Å². The molecule has 0 bridgehead atoms. The van der Waals surface area contributed by atoms with Crippen molar-refractivity contribution in [2.75, 3.05) is 13.2 Å². The summed E-state index contributed by atoms with van der Waals surface area (Å²) < 4.78 is 18.0. The first-order valence-corrected chi connectivity index (χ1v) is 5.60. The first kappa shape index (κ1) is 12.8. The third kappa shape index (κ3) is 4.53. The Hall–Kier alpha value is -1.22. The van der Waals surface area contributed by atoms with Gasteiger partial charge in [0.05, 0.1) is 0 Å². The summed E-state index contributed by atoms with van der Waals surface area (Å²) in [6.45, 7) is 2.74. The van der Waals surface area contributed by atoms with E-state index in [4.69, 9.17) is 4.74 Å². The fourth-order valence-electron chi connectivity index (χ4n) is 1.36. The molecule has 0 radical (unpaired) electrons. The second-order valence-corrected chi connectivity index (χ2v) is 3.69. The van der Waals surface area contributed by atoms with Crippen LogP contribution in [0.1, 0.15) is 36.5 Å². The molecule has 1 aromatic carbocycles. The van der Waals surface area contributed by atoms with E-state index in [1.165, 1.54) is 18.2 Å². The Morgan fingerprint density at radius 2 is 2.19 bits per heavy atom. The van der Waals surface area contributed by atoms with Gasteiger partial charge in [0.25, 0.3) is 0 Å². The van der Waals surface area contributed by atoms with Crippen LogP contribution in [0.15, 0.2) is 24.3 Å². The van der Waals surface area contributed by atoms with Gasteiger partial charge in [-0.05, 0) is 18.6 Å². The van der Waals surface area contributed by atoms with E-state index in [-0.39, 0.29) is 12.4 Å². The van der Waals surface area contributed by atoms with Crippen LogP contribution < -0.4 is 0 Å². The molecule has 0 aliphatic heterocycles. The van der Waals surface area contributed by atoms with Crippen LogP contribution >= 0.6 is 0 Å². The van der Waals surface area contributed by atoms with E-state index in [2.05, 4.69) is 6.92 Å². The van der Waals surface area contributed by atoms with Gasteiger partial charge in [0.2, 0.25) is 0 Å². The van der Waals surface area contributed by atoms with Gasteiger partial charge in [0.15, 0.2) is 5.78 Å². The largest absolute Gasteiger partial charge is 0.373 e. The van der Waals surface area contributed by atoms with Gasteiger partial charge < -0.3 is 4.74 Å². The molecular weight excluding hydrogens is 207 g/mol. The number of rotatable bonds is 7. The molecule has 0 amide bonds. The van der Waals surface area contributed by atoms with Crippen molar-refractivity contribution in [3.05, 3.63) is 35.6 Å². The Labute approximate surface area is 95.4 Å². The Morgan fingerprint density at radius 3 is 2.88 bits per heavy atom. The van der Waals surface area contributed by atoms with Crippen molar-refractivity contribution in [3.8, 4) is 0 Å². The van der Waals surface area contributed by atoms with Crippen molar-refractivity contribution in [3.63, 3.8) is 0 Å². The Bertz CT molecular complexity index is 336. The van der Waals surface area contributed by atoms with Crippen LogP contribution in [0, 0.1) is 5.82 Å². The fourth-order valence-corrected chi connectivity index (χ4v) is 1.36. The molecular formula is C13H17FO2. The fraction of sp³-hybridized carbons (Fsp3) is 0.462. The minimum Gasteiger partial charge on any atom is -0.373 e. The lowest BCUT2D eigenvalue weighted by Crippen LogP contribution is -2.10. The van der Waals surface area contributed by atoms with E-state index in [9.17, 15) is 9.18 Å². The van der Waals surface area contributed by atoms with Gasteiger partial charge in [-0.1, -0.05) is 31.9 Å². The molecule has 1 aromatic rings. The summed E-state index contributed by atoms with van der Waals surface area (Å²) in [6.07, 6.45) is 3.20. The molecule has 2 nitrogen and oxygen atoms in total. The maximum Gasteiger partial charge on any atom is 0.188 e. The minimum absolute atomic E-state index is 0.0349. The molecule has 0 aromatic heterocycles. The van der Waals surface area contributed by atoms with E-state index in [1.807, 2.05) is 0 Å². The highest BCUT2D eigenvalue weighted by Crippen LogP contribution is 2.05. The Morgan fingerprint density at radius 1 is 1.38 bits per heavy atom. The number of Topliss-reactive ketones (excluding diaryl/α,β-unsaturated/α-hetero) is 1. The molecule has 0 atom stereocenters. The molecule has 0 aliphatic rings. The van der Waals surface area contributed by atoms with Gasteiger partial charge in [-0.2, -0.15) is 0 Å². The van der Waals surface area contributed by atoms with Crippen LogP contribution in [0.4, 0.5) is 4.39 Å². The summed E-state index contributed by atoms with van der Waals surface area (Å²) in [5.41, 5.74) is 0.371. The first-order chi connectivity index (χ1) is 7.74. The van der Waals surface area contributed by atoms with Crippen LogP contribution in [0.25, 0.3) is 0 Å². The van der Waals surface area contributed by atoms with E-state index in [1.54, 1.807) is 6.07 Å². The molecule has 16 heavy (non-hydrogen) atoms. The summed E-state index contributed by atoms with van der Waals surface area (Å²) in [7, 11) is 0. The Kier molecular flexibility index (Phi) is 5.72. The molecule has 0 saturated carbocycles. The predicted octanol–water partition coefficient (Wildman–Crippen LogP) is 3.22. The lowest BCUT2D eigenvalue weighted by atomic mass is 10.1. The second-order valence-electron chi connectivity index (χ2n) is 3.69. The third-order valence-electron chi connectivity index (χ3n) is 2.27. The second kappa shape index (κ2) is 7.12. The van der Waals surface area contributed by atoms with Crippen LogP contribution in [-0.4, -0.2) is 19.0 Å². The third-order valence-corrected chi connectivity index (χ3v) is 2.27. The number of ether oxygens (including phenoxy) is 1. The van der Waals surface area contributed by atoms with Crippen LogP contribution in [0.3, 0.4) is 0 Å². The number of unbranched alkanes of at least 4 members (excludes halogenated alkanes) is 2. The summed E-state index contributed by atoms with van der Waals surface area (Å²) in [5.74, 6) is -0.562. The summed E-state index contributed by atoms with van der Waals surface area (Å²) in [5, 5.41) is 0. The number of hydrogen-bond donors (Lipinski definition) is 0. The highest BCUT2D eigenvalue weighted by Gasteiger charge is 2.06. The molecule has 0 saturated heterocycles. The maximum absolute atomic E-state index is 12.8. The lowest BCUT2D eigenvalue weighted by Gasteiger charge is -2.03. The monoisotopic (exact) mass is 224 g/mol. The lowest BCUT2D eigenvalue weighted by molar-refractivity contribution is 0.0752. The highest BCUT2D eigenvalue weighted by molar-refractivity contribution is 5.97. The number of hydrogen-bond acceptors (Lipinski definition) is 2. The SMILES string of the molecule is CCCCCOCC(=O)c1cccc(F)c1. The molecule has 0 unspecified atom stereocenters. The van der Waals surface area contributed by atoms with Crippen LogP contribution in [-0.2, 0) is 4.74 Å². The standard InChI is InChI=1S/C13H17FO2/c1-2-3-4-8-16-10-13(15)11-6-5-7-12(14)9-11/h5-7,9H,2-4,8,10H2,1H3. The van der Waals surface area contributed by atoms with Crippen molar-refractivity contribution in [2.24, 2.45) is 0 Å². The molecule has 1 rings (SSSR count). The number of benzene rings is 1. The Balaban J connectivity index is 2.30. The molecule has 0 N–H and O–H groups in total. The zero-order chi connectivity index (χ0) is 11.8. The molecule has 0 aliphatic carbocycles. The summed E-state index contributed by atoms with van der Waals surface area (Å²) >= 11 is 0. The van der Waals surface area contributed by atoms with E-state index < -0.39 is 5.82 Å². The molecule has 88 valence electrons. The average molecular weight is 224 g/mol. The van der Waals surface area contributed by atoms with Crippen molar-refractivity contribution in [1.29, 1.82) is 0 Å². The number of ketones is 1. The number of halogens is 1. The van der Waals surface area contributed by atoms with E-state index in [0.717, 1.165) is 19.3 Å². The smallest absolute Gasteiger partial charge is 0.188 e. The number of carbonyl (C=O) groups excluding carboxylic acids is 1. The zero-order valence-electron chi connectivity index (χ0n) is 9.54. The van der Waals surface area contributed by atoms with Gasteiger partial charge >= 0.3 is 0 Å². The van der Waals surface area contributed by atoms with E-state index in [0.29, 0.717) is 12.2 Å². The summed E-state index contributed by atoms with van der Waals surface area (Å²) in [6, 6.07) is 5.68. The molecule has 3 heteroatoms. The molecule has 0 fully saturated rings. The number of carbonyl (C=O) groups is 1. The first-order valence-electron chi connectivity index (χ1n) is 5.60. The minimum atomic E-state index is -0.392. The average Bonchev–Trinajstić information content (AvgIpc) is 2.28. The van der Waals surface area contributed by atoms with Gasteiger partial charge in [-0.25, -0.2) is 4.39 Å². The van der Waals surface area contributed by atoms with Crippen molar-refractivity contribution in [2.45, 2.75) is 26.2 Å². The quantitative estimate of drug-likeness (QED) is 0.525. The molecule has 0 heterocycles. The maximum atomic E-state index is 12.8. The van der Waals surface area contributed by atoms with Crippen LogP contribution in [0.5, 0.6) is 0 Å². The molecule has 0 spiro atoms. The van der Waals surface area contributed by atoms with Gasteiger partial charge in [0.1, 0.15) is 12.4 Å². The summed E-state index contributed by atoms with van der Waals surface area (Å²) in [4.78, 5) is 11.5. The van der Waals surface area contributed by atoms with Crippen molar-refractivity contribution >= 4 is 5.78 Å². The van der Waals surface area contributed by atoms with E-state index >= 15 is 0 Å². The van der Waals surface area contributed by atoms with Crippen molar-refractivity contribution < 1.29 is 13.9 Å². The zero-order valence-corrected chi connectivity index (χ0v) is 9.54. The highest BCUT2D eigenvalue weighted by atomic mass is 19.1. The van der Waals surface area contributed by atoms with Gasteiger partial charge in [0, 0.05) is 12.2 Å². The van der Waals surface area contributed by atoms with Gasteiger partial charge in [-0.15, -0.1) is 0 Å². The van der Waals surface area contributed by atoms with Crippen LogP contribution in [0.2, 0.25) is 0 Å². The normalized spacial score (nSPS) is 10.4. The predicted molar refractivity (Wildman–Crippen MR) is 61.1 cm³/mol. The topological polar surface area (TPSA) is 26.3 Å². The van der Waals surface area contributed by atoms with Crippen molar-refractivity contribution in [1.82, 2.24) is 0 Å².